The van der Waals surface area contributed by atoms with Crippen LogP contribution in [0.1, 0.15) is 13.8 Å². The van der Waals surface area contributed by atoms with E-state index in [4.69, 9.17) is 5.11 Å². The molecule has 3 nitrogen and oxygen atoms in total. The lowest BCUT2D eigenvalue weighted by atomic mass is 10.3. The second-order valence-electron chi connectivity index (χ2n) is 2.39. The Hall–Kier alpha value is -0.830. The Balaban J connectivity index is 0. The normalized spacial score (nSPS) is 11.4. The minimum atomic E-state index is -0.782. The molecule has 1 N–H and O–H groups in total. The van der Waals surface area contributed by atoms with Gasteiger partial charge in [-0.05, 0) is 27.9 Å². The maximum Gasteiger partial charge on any atom is 0.320 e. The fraction of sp³-hybridized carbons (Fsp3) is 0.625. The average molecular weight is 159 g/mol. The van der Waals surface area contributed by atoms with Crippen LogP contribution in [0.15, 0.2) is 12.7 Å². The zero-order valence-electron chi connectivity index (χ0n) is 7.66. The van der Waals surface area contributed by atoms with E-state index in [1.807, 2.05) is 6.92 Å². The zero-order chi connectivity index (χ0) is 9.44. The van der Waals surface area contributed by atoms with Crippen LogP contribution in [-0.4, -0.2) is 36.1 Å². The first kappa shape index (κ1) is 12.8. The van der Waals surface area contributed by atoms with Crippen LogP contribution in [0.2, 0.25) is 0 Å². The van der Waals surface area contributed by atoms with Gasteiger partial charge in [0.2, 0.25) is 0 Å². The summed E-state index contributed by atoms with van der Waals surface area (Å²) >= 11 is 0. The van der Waals surface area contributed by atoms with Gasteiger partial charge in [0, 0.05) is 0 Å². The largest absolute Gasteiger partial charge is 0.480 e. The minimum Gasteiger partial charge on any atom is -0.480 e. The van der Waals surface area contributed by atoms with Crippen molar-refractivity contribution in [2.75, 3.05) is 14.1 Å². The summed E-state index contributed by atoms with van der Waals surface area (Å²) in [4.78, 5) is 11.7. The number of carbonyl (C=O) groups is 1. The molecule has 0 bridgehead atoms. The minimum absolute atomic E-state index is 0.380. The van der Waals surface area contributed by atoms with Gasteiger partial charge in [-0.2, -0.15) is 0 Å². The van der Waals surface area contributed by atoms with Crippen molar-refractivity contribution in [2.24, 2.45) is 0 Å². The van der Waals surface area contributed by atoms with E-state index in [2.05, 4.69) is 6.58 Å². The van der Waals surface area contributed by atoms with Crippen molar-refractivity contribution in [3.05, 3.63) is 12.7 Å². The standard InChI is InChI=1S/C5H11NO2.C3H6/c1-4(5(7)8)6(2)3;1-3-2/h4H,1-3H3,(H,7,8);3H,1H2,2H3. The van der Waals surface area contributed by atoms with Gasteiger partial charge in [0.15, 0.2) is 0 Å². The molecule has 0 aliphatic heterocycles. The highest BCUT2D eigenvalue weighted by molar-refractivity contribution is 5.72. The highest BCUT2D eigenvalue weighted by Gasteiger charge is 2.11. The summed E-state index contributed by atoms with van der Waals surface area (Å²) < 4.78 is 0. The number of hydrogen-bond acceptors (Lipinski definition) is 2. The van der Waals surface area contributed by atoms with Crippen molar-refractivity contribution in [1.29, 1.82) is 0 Å². The predicted molar refractivity (Wildman–Crippen MR) is 46.7 cm³/mol. The molecule has 0 saturated carbocycles. The molecular formula is C8H17NO2. The van der Waals surface area contributed by atoms with Crippen LogP contribution in [-0.2, 0) is 4.79 Å². The molecule has 0 spiro atoms. The molecule has 66 valence electrons. The second kappa shape index (κ2) is 7.28. The summed E-state index contributed by atoms with van der Waals surface area (Å²) in [5.41, 5.74) is 0. The van der Waals surface area contributed by atoms with E-state index in [0.717, 1.165) is 0 Å². The van der Waals surface area contributed by atoms with E-state index in [0.29, 0.717) is 0 Å². The van der Waals surface area contributed by atoms with Crippen LogP contribution in [0.4, 0.5) is 0 Å². The Morgan fingerprint density at radius 1 is 1.64 bits per heavy atom. The third-order valence-electron chi connectivity index (χ3n) is 1.13. The molecule has 0 amide bonds. The molecule has 0 aromatic heterocycles. The first-order valence-electron chi connectivity index (χ1n) is 3.43. The topological polar surface area (TPSA) is 40.5 Å². The Labute approximate surface area is 68.3 Å². The summed E-state index contributed by atoms with van der Waals surface area (Å²) in [6.45, 7) is 6.89. The van der Waals surface area contributed by atoms with Crippen molar-refractivity contribution in [2.45, 2.75) is 19.9 Å². The van der Waals surface area contributed by atoms with Crippen LogP contribution in [0.25, 0.3) is 0 Å². The van der Waals surface area contributed by atoms with Gasteiger partial charge >= 0.3 is 5.97 Å². The number of allylic oxidation sites excluding steroid dienone is 1. The molecule has 0 aromatic rings. The highest BCUT2D eigenvalue weighted by Crippen LogP contribution is 1.88. The molecule has 0 aliphatic carbocycles. The maximum absolute atomic E-state index is 10.1. The van der Waals surface area contributed by atoms with Gasteiger partial charge in [-0.25, -0.2) is 0 Å². The van der Waals surface area contributed by atoms with E-state index in [9.17, 15) is 4.79 Å². The molecule has 11 heavy (non-hydrogen) atoms. The van der Waals surface area contributed by atoms with Crippen LogP contribution >= 0.6 is 0 Å². The summed E-state index contributed by atoms with van der Waals surface area (Å²) in [6.07, 6.45) is 1.75. The zero-order valence-corrected chi connectivity index (χ0v) is 7.66. The molecule has 0 heterocycles. The van der Waals surface area contributed by atoms with Crippen molar-refractivity contribution < 1.29 is 9.90 Å². The first-order chi connectivity index (χ1) is 4.97. The molecule has 1 atom stereocenters. The summed E-state index contributed by atoms with van der Waals surface area (Å²) in [6, 6.07) is -0.380. The lowest BCUT2D eigenvalue weighted by Gasteiger charge is -2.13. The first-order valence-corrected chi connectivity index (χ1v) is 3.43. The number of hydrogen-bond donors (Lipinski definition) is 1. The van der Waals surface area contributed by atoms with E-state index in [1.165, 1.54) is 0 Å². The number of carboxylic acids is 1. The number of likely N-dealkylation sites (N-methyl/N-ethyl adjacent to an activating group) is 1. The summed E-state index contributed by atoms with van der Waals surface area (Å²) in [5, 5.41) is 8.31. The quantitative estimate of drug-likeness (QED) is 0.616. The Bertz CT molecular complexity index is 121. The van der Waals surface area contributed by atoms with Gasteiger partial charge in [0.05, 0.1) is 0 Å². The Morgan fingerprint density at radius 3 is 1.91 bits per heavy atom. The molecule has 0 radical (unpaired) electrons. The predicted octanol–water partition coefficient (Wildman–Crippen LogP) is 1.21. The van der Waals surface area contributed by atoms with Gasteiger partial charge < -0.3 is 5.11 Å². The summed E-state index contributed by atoms with van der Waals surface area (Å²) in [7, 11) is 3.47. The van der Waals surface area contributed by atoms with Crippen molar-refractivity contribution in [3.63, 3.8) is 0 Å². The lowest BCUT2D eigenvalue weighted by molar-refractivity contribution is -0.141. The van der Waals surface area contributed by atoms with Gasteiger partial charge in [-0.3, -0.25) is 9.69 Å². The SMILES string of the molecule is C=CC.CC(C(=O)O)N(C)C. The van der Waals surface area contributed by atoms with Crippen molar-refractivity contribution >= 4 is 5.97 Å². The molecule has 0 rings (SSSR count). The second-order valence-corrected chi connectivity index (χ2v) is 2.39. The van der Waals surface area contributed by atoms with E-state index >= 15 is 0 Å². The smallest absolute Gasteiger partial charge is 0.320 e. The highest BCUT2D eigenvalue weighted by atomic mass is 16.4. The third-order valence-corrected chi connectivity index (χ3v) is 1.13. The molecule has 0 fully saturated rings. The molecular weight excluding hydrogens is 142 g/mol. The van der Waals surface area contributed by atoms with Crippen LogP contribution in [0, 0.1) is 0 Å². The Kier molecular flexibility index (Phi) is 8.48. The number of carboxylic acid groups (broad SMARTS) is 1. The molecule has 1 unspecified atom stereocenters. The van der Waals surface area contributed by atoms with Crippen LogP contribution < -0.4 is 0 Å². The van der Waals surface area contributed by atoms with Gasteiger partial charge in [0.1, 0.15) is 6.04 Å². The third kappa shape index (κ3) is 9.17. The van der Waals surface area contributed by atoms with Crippen LogP contribution in [0.3, 0.4) is 0 Å². The van der Waals surface area contributed by atoms with Crippen molar-refractivity contribution in [3.8, 4) is 0 Å². The lowest BCUT2D eigenvalue weighted by Crippen LogP contribution is -2.32. The van der Waals surface area contributed by atoms with Crippen molar-refractivity contribution in [1.82, 2.24) is 4.90 Å². The van der Waals surface area contributed by atoms with E-state index in [1.54, 1.807) is 32.0 Å². The van der Waals surface area contributed by atoms with Gasteiger partial charge in [-0.1, -0.05) is 6.08 Å². The average Bonchev–Trinajstić information content (AvgIpc) is 1.87. The Morgan fingerprint density at radius 2 is 1.91 bits per heavy atom. The van der Waals surface area contributed by atoms with E-state index in [-0.39, 0.29) is 6.04 Å². The fourth-order valence-corrected chi connectivity index (χ4v) is 0.221. The summed E-state index contributed by atoms with van der Waals surface area (Å²) in [5.74, 6) is -0.782. The van der Waals surface area contributed by atoms with Crippen LogP contribution in [0.5, 0.6) is 0 Å². The van der Waals surface area contributed by atoms with Gasteiger partial charge in [0.25, 0.3) is 0 Å². The maximum atomic E-state index is 10.1. The molecule has 0 saturated heterocycles. The molecule has 0 aromatic carbocycles. The van der Waals surface area contributed by atoms with Gasteiger partial charge in [-0.15, -0.1) is 6.58 Å². The van der Waals surface area contributed by atoms with E-state index < -0.39 is 5.97 Å². The fourth-order valence-electron chi connectivity index (χ4n) is 0.221. The number of rotatable bonds is 2. The monoisotopic (exact) mass is 159 g/mol. The number of nitrogens with zero attached hydrogens (tertiary/aromatic N) is 1. The molecule has 0 aliphatic rings. The molecule has 3 heteroatoms. The number of aliphatic carboxylic acids is 1.